The van der Waals surface area contributed by atoms with Gasteiger partial charge in [-0.1, -0.05) is 108 Å². The summed E-state index contributed by atoms with van der Waals surface area (Å²) < 4.78 is 0. The highest BCUT2D eigenvalue weighted by Crippen LogP contribution is 2.42. The van der Waals surface area contributed by atoms with Crippen LogP contribution in [0.4, 0.5) is 0 Å². The van der Waals surface area contributed by atoms with Gasteiger partial charge in [0.15, 0.2) is 0 Å². The molecule has 3 atom stereocenters. The molecule has 1 saturated heterocycles. The molecule has 0 aliphatic carbocycles. The van der Waals surface area contributed by atoms with Gasteiger partial charge in [-0.3, -0.25) is 0 Å². The van der Waals surface area contributed by atoms with Crippen LogP contribution < -0.4 is 0 Å². The minimum absolute atomic E-state index is 0.0187. The quantitative estimate of drug-likeness (QED) is 0.120. The third kappa shape index (κ3) is 10.5. The van der Waals surface area contributed by atoms with E-state index in [2.05, 4.69) is 83.7 Å². The predicted molar refractivity (Wildman–Crippen MR) is 151 cm³/mol. The van der Waals surface area contributed by atoms with Crippen molar-refractivity contribution in [3.05, 3.63) is 36.0 Å². The molecule has 0 saturated carbocycles. The summed E-state index contributed by atoms with van der Waals surface area (Å²) in [6, 6.07) is 0. The van der Waals surface area contributed by atoms with Crippen molar-refractivity contribution in [2.24, 2.45) is 22.4 Å². The van der Waals surface area contributed by atoms with Crippen molar-refractivity contribution in [1.82, 2.24) is 4.90 Å². The number of nitrogens with zero attached hydrogens (tertiary/aromatic N) is 2. The average molecular weight is 473 g/mol. The molecule has 0 aromatic carbocycles. The van der Waals surface area contributed by atoms with Crippen molar-refractivity contribution in [2.75, 3.05) is 26.2 Å². The highest BCUT2D eigenvalue weighted by molar-refractivity contribution is 5.94. The average Bonchev–Trinajstić information content (AvgIpc) is 2.84. The Balaban J connectivity index is 3.15. The molecule has 0 aromatic rings. The Hall–Kier alpha value is -1.35. The number of piperidine rings is 1. The molecule has 0 radical (unpaired) electrons. The molecule has 0 N–H and O–H groups in total. The van der Waals surface area contributed by atoms with Gasteiger partial charge in [0.25, 0.3) is 0 Å². The van der Waals surface area contributed by atoms with Crippen molar-refractivity contribution in [3.63, 3.8) is 0 Å². The summed E-state index contributed by atoms with van der Waals surface area (Å²) >= 11 is 0. The van der Waals surface area contributed by atoms with E-state index in [1.54, 1.807) is 0 Å². The zero-order valence-electron chi connectivity index (χ0n) is 23.7. The molecular weight excluding hydrogens is 416 g/mol. The molecule has 3 unspecified atom stereocenters. The van der Waals surface area contributed by atoms with Crippen LogP contribution in [0.5, 0.6) is 0 Å². The molecule has 0 spiro atoms. The van der Waals surface area contributed by atoms with E-state index >= 15 is 0 Å². The molecule has 34 heavy (non-hydrogen) atoms. The second-order valence-electron chi connectivity index (χ2n) is 10.6. The Morgan fingerprint density at radius 2 is 1.71 bits per heavy atom. The summed E-state index contributed by atoms with van der Waals surface area (Å²) in [7, 11) is 0. The SMILES string of the molecule is CC/C=C/C=C\C=C(/C)C(CCC)(CCCC)/C(=N/OCC(C)CN1CCCCC1)C(C)CC. The highest BCUT2D eigenvalue weighted by atomic mass is 16.6. The van der Waals surface area contributed by atoms with Gasteiger partial charge in [0.05, 0.1) is 5.71 Å². The number of hydrogen-bond acceptors (Lipinski definition) is 3. The molecule has 1 heterocycles. The normalized spacial score (nSPS) is 20.1. The Kier molecular flexibility index (Phi) is 16.2. The summed E-state index contributed by atoms with van der Waals surface area (Å²) in [6.45, 7) is 20.3. The largest absolute Gasteiger partial charge is 0.395 e. The summed E-state index contributed by atoms with van der Waals surface area (Å²) in [5, 5.41) is 4.97. The van der Waals surface area contributed by atoms with E-state index in [1.165, 1.54) is 56.5 Å². The van der Waals surface area contributed by atoms with E-state index in [9.17, 15) is 0 Å². The van der Waals surface area contributed by atoms with E-state index in [0.29, 0.717) is 18.4 Å². The lowest BCUT2D eigenvalue weighted by atomic mass is 9.66. The van der Waals surface area contributed by atoms with Crippen LogP contribution in [0.2, 0.25) is 0 Å². The topological polar surface area (TPSA) is 24.8 Å². The lowest BCUT2D eigenvalue weighted by Crippen LogP contribution is -2.37. The minimum Gasteiger partial charge on any atom is -0.395 e. The first kappa shape index (κ1) is 30.7. The fourth-order valence-corrected chi connectivity index (χ4v) is 5.23. The maximum absolute atomic E-state index is 6.17. The molecule has 1 aliphatic rings. The zero-order chi connectivity index (χ0) is 25.2. The van der Waals surface area contributed by atoms with Gasteiger partial charge in [-0.05, 0) is 64.5 Å². The number of likely N-dealkylation sites (tertiary alicyclic amines) is 1. The Labute approximate surface area is 212 Å². The van der Waals surface area contributed by atoms with Crippen molar-refractivity contribution < 1.29 is 4.84 Å². The van der Waals surface area contributed by atoms with Gasteiger partial charge in [-0.25, -0.2) is 0 Å². The summed E-state index contributed by atoms with van der Waals surface area (Å²) in [6.07, 6.45) is 23.1. The van der Waals surface area contributed by atoms with Crippen molar-refractivity contribution in [3.8, 4) is 0 Å². The summed E-state index contributed by atoms with van der Waals surface area (Å²) in [5.74, 6) is 0.911. The first-order valence-corrected chi connectivity index (χ1v) is 14.4. The number of rotatable bonds is 17. The number of unbranched alkanes of at least 4 members (excludes halogenated alkanes) is 1. The third-order valence-corrected chi connectivity index (χ3v) is 7.44. The van der Waals surface area contributed by atoms with Gasteiger partial charge < -0.3 is 9.74 Å². The maximum atomic E-state index is 6.17. The van der Waals surface area contributed by atoms with Gasteiger partial charge in [0.2, 0.25) is 0 Å². The molecule has 3 nitrogen and oxygen atoms in total. The number of hydrogen-bond donors (Lipinski definition) is 0. The molecule has 1 rings (SSSR count). The summed E-state index contributed by atoms with van der Waals surface area (Å²) in [5.41, 5.74) is 2.67. The van der Waals surface area contributed by atoms with Crippen LogP contribution >= 0.6 is 0 Å². The number of oxime groups is 1. The molecule has 1 fully saturated rings. The van der Waals surface area contributed by atoms with Crippen LogP contribution in [0.3, 0.4) is 0 Å². The van der Waals surface area contributed by atoms with Crippen LogP contribution in [0, 0.1) is 17.3 Å². The summed E-state index contributed by atoms with van der Waals surface area (Å²) in [4.78, 5) is 8.77. The maximum Gasteiger partial charge on any atom is 0.120 e. The van der Waals surface area contributed by atoms with Gasteiger partial charge in [-0.15, -0.1) is 0 Å². The van der Waals surface area contributed by atoms with E-state index < -0.39 is 0 Å². The Morgan fingerprint density at radius 3 is 2.32 bits per heavy atom. The van der Waals surface area contributed by atoms with E-state index in [-0.39, 0.29) is 5.41 Å². The van der Waals surface area contributed by atoms with Gasteiger partial charge in [0.1, 0.15) is 6.61 Å². The van der Waals surface area contributed by atoms with Gasteiger partial charge in [-0.2, -0.15) is 0 Å². The van der Waals surface area contributed by atoms with E-state index in [4.69, 9.17) is 9.99 Å². The molecule has 0 bridgehead atoms. The van der Waals surface area contributed by atoms with Crippen molar-refractivity contribution in [2.45, 2.75) is 113 Å². The van der Waals surface area contributed by atoms with Crippen LogP contribution in [0.1, 0.15) is 113 Å². The Morgan fingerprint density at radius 1 is 0.971 bits per heavy atom. The van der Waals surface area contributed by atoms with E-state index in [1.807, 2.05) is 0 Å². The van der Waals surface area contributed by atoms with E-state index in [0.717, 1.165) is 38.6 Å². The van der Waals surface area contributed by atoms with Crippen molar-refractivity contribution >= 4 is 5.71 Å². The van der Waals surface area contributed by atoms with Gasteiger partial charge in [0, 0.05) is 17.9 Å². The van der Waals surface area contributed by atoms with Crippen LogP contribution in [0.25, 0.3) is 0 Å². The zero-order valence-corrected chi connectivity index (χ0v) is 23.7. The lowest BCUT2D eigenvalue weighted by molar-refractivity contribution is 0.0853. The first-order chi connectivity index (χ1) is 16.4. The molecule has 196 valence electrons. The fraction of sp³-hybridized carbons (Fsp3) is 0.774. The molecule has 1 aliphatic heterocycles. The smallest absolute Gasteiger partial charge is 0.120 e. The minimum atomic E-state index is -0.0187. The first-order valence-electron chi connectivity index (χ1n) is 14.4. The monoisotopic (exact) mass is 472 g/mol. The number of allylic oxidation sites excluding steroid dienone is 6. The lowest BCUT2D eigenvalue weighted by Gasteiger charge is -2.38. The van der Waals surface area contributed by atoms with Crippen LogP contribution in [-0.2, 0) is 4.84 Å². The van der Waals surface area contributed by atoms with Gasteiger partial charge >= 0.3 is 0 Å². The Bertz CT molecular complexity index is 642. The van der Waals surface area contributed by atoms with Crippen molar-refractivity contribution in [1.29, 1.82) is 0 Å². The highest BCUT2D eigenvalue weighted by Gasteiger charge is 2.39. The molecular formula is C31H56N2O. The predicted octanol–water partition coefficient (Wildman–Crippen LogP) is 8.97. The fourth-order valence-electron chi connectivity index (χ4n) is 5.23. The second-order valence-corrected chi connectivity index (χ2v) is 10.6. The van der Waals surface area contributed by atoms with Crippen LogP contribution in [0.15, 0.2) is 41.1 Å². The molecule has 0 amide bonds. The molecule has 0 aromatic heterocycles. The standard InChI is InChI=1S/C31H56N2O/c1-8-12-14-15-17-20-29(7)31(21-10-3,22-13-9-2)30(28(6)11-4)32-34-26-27(5)25-33-23-18-16-19-24-33/h12,14-15,17,20,27-28H,8-11,13,16,18-19,21-26H2,1-7H3/b14-12+,17-15-,29-20+,32-30+. The molecule has 3 heteroatoms. The third-order valence-electron chi connectivity index (χ3n) is 7.44. The van der Waals surface area contributed by atoms with Crippen LogP contribution in [-0.4, -0.2) is 36.9 Å². The second kappa shape index (κ2) is 18.0.